The van der Waals surface area contributed by atoms with Crippen LogP contribution in [0.3, 0.4) is 0 Å². The number of halogens is 1. The Morgan fingerprint density at radius 1 is 1.40 bits per heavy atom. The second-order valence-corrected chi connectivity index (χ2v) is 5.66. The molecule has 2 rings (SSSR count). The van der Waals surface area contributed by atoms with Crippen LogP contribution in [0.25, 0.3) is 11.3 Å². The van der Waals surface area contributed by atoms with Gasteiger partial charge in [-0.25, -0.2) is 0 Å². The average molecular weight is 337 g/mol. The van der Waals surface area contributed by atoms with Gasteiger partial charge in [0, 0.05) is 5.56 Å². The summed E-state index contributed by atoms with van der Waals surface area (Å²) in [4.78, 5) is 10.8. The Labute approximate surface area is 126 Å². The first-order valence-corrected chi connectivity index (χ1v) is 7.37. The third-order valence-corrected chi connectivity index (χ3v) is 4.32. The van der Waals surface area contributed by atoms with Crippen molar-refractivity contribution in [3.8, 4) is 11.3 Å². The number of nitrogens with zero attached hydrogens (tertiary/aromatic N) is 1. The molecule has 0 aliphatic rings. The lowest BCUT2D eigenvalue weighted by Crippen LogP contribution is -2.00. The standard InChI is InChI=1S/C15H17BrN2O2/c1-3-9(2)10-4-6-11(7-5-10)15-14(16)12(17-18-15)8-13(19)20/h4-7,9H,3,8H2,1-2H3,(H,17,18)(H,19,20). The Balaban J connectivity index is 2.28. The SMILES string of the molecule is CCC(C)c1ccc(-c2n[nH]c(CC(=O)O)c2Br)cc1. The summed E-state index contributed by atoms with van der Waals surface area (Å²) < 4.78 is 0.719. The third-order valence-electron chi connectivity index (χ3n) is 3.47. The van der Waals surface area contributed by atoms with Gasteiger partial charge < -0.3 is 5.11 Å². The Hall–Kier alpha value is -1.62. The normalized spacial score (nSPS) is 12.3. The summed E-state index contributed by atoms with van der Waals surface area (Å²) in [5.41, 5.74) is 3.60. The molecule has 0 aliphatic carbocycles. The number of hydrogen-bond donors (Lipinski definition) is 2. The van der Waals surface area contributed by atoms with Crippen LogP contribution >= 0.6 is 15.9 Å². The van der Waals surface area contributed by atoms with Crippen molar-refractivity contribution in [1.29, 1.82) is 0 Å². The van der Waals surface area contributed by atoms with Crippen LogP contribution in [0.4, 0.5) is 0 Å². The molecule has 2 aromatic rings. The molecular weight excluding hydrogens is 320 g/mol. The van der Waals surface area contributed by atoms with Gasteiger partial charge in [-0.15, -0.1) is 0 Å². The monoisotopic (exact) mass is 336 g/mol. The lowest BCUT2D eigenvalue weighted by Gasteiger charge is -2.09. The Kier molecular flexibility index (Phi) is 4.60. The number of aliphatic carboxylic acids is 1. The Morgan fingerprint density at radius 2 is 2.05 bits per heavy atom. The van der Waals surface area contributed by atoms with E-state index >= 15 is 0 Å². The van der Waals surface area contributed by atoms with Crippen molar-refractivity contribution in [1.82, 2.24) is 10.2 Å². The fourth-order valence-corrected chi connectivity index (χ4v) is 2.58. The van der Waals surface area contributed by atoms with Crippen molar-refractivity contribution in [3.63, 3.8) is 0 Å². The first kappa shape index (κ1) is 14.8. The van der Waals surface area contributed by atoms with Gasteiger partial charge in [-0.1, -0.05) is 38.1 Å². The maximum atomic E-state index is 10.8. The van der Waals surface area contributed by atoms with Crippen LogP contribution in [0.2, 0.25) is 0 Å². The number of carbonyl (C=O) groups is 1. The molecule has 4 nitrogen and oxygen atoms in total. The van der Waals surface area contributed by atoms with Gasteiger partial charge in [0.1, 0.15) is 5.69 Å². The first-order chi connectivity index (χ1) is 9.52. The Morgan fingerprint density at radius 3 is 2.60 bits per heavy atom. The van der Waals surface area contributed by atoms with E-state index in [1.165, 1.54) is 5.56 Å². The van der Waals surface area contributed by atoms with Gasteiger partial charge in [0.2, 0.25) is 0 Å². The van der Waals surface area contributed by atoms with Crippen LogP contribution in [0.1, 0.15) is 37.4 Å². The van der Waals surface area contributed by atoms with Gasteiger partial charge in [0.15, 0.2) is 0 Å². The van der Waals surface area contributed by atoms with Crippen molar-refractivity contribution in [2.75, 3.05) is 0 Å². The zero-order valence-corrected chi connectivity index (χ0v) is 13.1. The maximum absolute atomic E-state index is 10.8. The summed E-state index contributed by atoms with van der Waals surface area (Å²) in [5, 5.41) is 15.8. The zero-order chi connectivity index (χ0) is 14.7. The van der Waals surface area contributed by atoms with Gasteiger partial charge in [0.25, 0.3) is 0 Å². The summed E-state index contributed by atoms with van der Waals surface area (Å²) in [7, 11) is 0. The molecule has 1 aromatic carbocycles. The second kappa shape index (κ2) is 6.22. The van der Waals surface area contributed by atoms with Crippen LogP contribution in [0.5, 0.6) is 0 Å². The molecule has 1 atom stereocenters. The number of carboxylic acid groups (broad SMARTS) is 1. The molecule has 20 heavy (non-hydrogen) atoms. The first-order valence-electron chi connectivity index (χ1n) is 6.57. The number of hydrogen-bond acceptors (Lipinski definition) is 2. The summed E-state index contributed by atoms with van der Waals surface area (Å²) in [6.45, 7) is 4.37. The molecule has 0 saturated heterocycles. The number of H-pyrrole nitrogens is 1. The fourth-order valence-electron chi connectivity index (χ4n) is 2.03. The predicted octanol–water partition coefficient (Wildman–Crippen LogP) is 3.98. The van der Waals surface area contributed by atoms with E-state index in [2.05, 4.69) is 52.1 Å². The number of aromatic nitrogens is 2. The molecule has 0 radical (unpaired) electrons. The van der Waals surface area contributed by atoms with E-state index in [1.54, 1.807) is 0 Å². The lowest BCUT2D eigenvalue weighted by molar-refractivity contribution is -0.136. The van der Waals surface area contributed by atoms with Crippen LogP contribution in [0.15, 0.2) is 28.7 Å². The van der Waals surface area contributed by atoms with E-state index in [4.69, 9.17) is 5.11 Å². The minimum Gasteiger partial charge on any atom is -0.481 e. The highest BCUT2D eigenvalue weighted by molar-refractivity contribution is 9.10. The average Bonchev–Trinajstić information content (AvgIpc) is 2.79. The number of rotatable bonds is 5. The molecule has 0 amide bonds. The summed E-state index contributed by atoms with van der Waals surface area (Å²) in [6.07, 6.45) is 1.03. The van der Waals surface area contributed by atoms with Crippen molar-refractivity contribution < 1.29 is 9.90 Å². The van der Waals surface area contributed by atoms with Crippen molar-refractivity contribution in [3.05, 3.63) is 40.0 Å². The molecule has 5 heteroatoms. The molecular formula is C15H17BrN2O2. The van der Waals surface area contributed by atoms with E-state index in [9.17, 15) is 4.79 Å². The summed E-state index contributed by atoms with van der Waals surface area (Å²) in [6, 6.07) is 8.24. The molecule has 2 N–H and O–H groups in total. The smallest absolute Gasteiger partial charge is 0.309 e. The van der Waals surface area contributed by atoms with E-state index in [0.717, 1.165) is 22.2 Å². The minimum atomic E-state index is -0.881. The number of aromatic amines is 1. The second-order valence-electron chi connectivity index (χ2n) is 4.87. The molecule has 0 spiro atoms. The highest BCUT2D eigenvalue weighted by Gasteiger charge is 2.15. The Bertz CT molecular complexity index is 605. The van der Waals surface area contributed by atoms with Crippen LogP contribution in [0, 0.1) is 0 Å². The van der Waals surface area contributed by atoms with Crippen molar-refractivity contribution in [2.45, 2.75) is 32.6 Å². The quantitative estimate of drug-likeness (QED) is 0.867. The van der Waals surface area contributed by atoms with Gasteiger partial charge >= 0.3 is 5.97 Å². The lowest BCUT2D eigenvalue weighted by atomic mass is 9.97. The van der Waals surface area contributed by atoms with Gasteiger partial charge in [0.05, 0.1) is 16.6 Å². The van der Waals surface area contributed by atoms with E-state index < -0.39 is 5.97 Å². The highest BCUT2D eigenvalue weighted by atomic mass is 79.9. The van der Waals surface area contributed by atoms with Gasteiger partial charge in [-0.3, -0.25) is 9.89 Å². The largest absolute Gasteiger partial charge is 0.481 e. The van der Waals surface area contributed by atoms with E-state index in [1.807, 2.05) is 12.1 Å². The van der Waals surface area contributed by atoms with Crippen LogP contribution in [-0.4, -0.2) is 21.3 Å². The topological polar surface area (TPSA) is 66.0 Å². The highest BCUT2D eigenvalue weighted by Crippen LogP contribution is 2.30. The molecule has 106 valence electrons. The number of carboxylic acids is 1. The molecule has 1 heterocycles. The van der Waals surface area contributed by atoms with Crippen molar-refractivity contribution in [2.24, 2.45) is 0 Å². The molecule has 0 bridgehead atoms. The van der Waals surface area contributed by atoms with Crippen molar-refractivity contribution >= 4 is 21.9 Å². The fraction of sp³-hybridized carbons (Fsp3) is 0.333. The van der Waals surface area contributed by atoms with Crippen LogP contribution < -0.4 is 0 Å². The predicted molar refractivity (Wildman–Crippen MR) is 81.8 cm³/mol. The maximum Gasteiger partial charge on any atom is 0.309 e. The van der Waals surface area contributed by atoms with Gasteiger partial charge in [-0.05, 0) is 33.8 Å². The van der Waals surface area contributed by atoms with E-state index in [0.29, 0.717) is 11.6 Å². The summed E-state index contributed by atoms with van der Waals surface area (Å²) >= 11 is 3.42. The summed E-state index contributed by atoms with van der Waals surface area (Å²) in [5.74, 6) is -0.345. The van der Waals surface area contributed by atoms with Crippen LogP contribution in [-0.2, 0) is 11.2 Å². The molecule has 1 aromatic heterocycles. The minimum absolute atomic E-state index is 0.0709. The third kappa shape index (κ3) is 3.10. The molecule has 0 aliphatic heterocycles. The molecule has 0 fully saturated rings. The number of nitrogens with one attached hydrogen (secondary N) is 1. The number of benzene rings is 1. The molecule has 1 unspecified atom stereocenters. The van der Waals surface area contributed by atoms with Gasteiger partial charge in [-0.2, -0.15) is 5.10 Å². The van der Waals surface area contributed by atoms with E-state index in [-0.39, 0.29) is 6.42 Å². The molecule has 0 saturated carbocycles. The zero-order valence-electron chi connectivity index (χ0n) is 11.5.